The average Bonchev–Trinajstić information content (AvgIpc) is 2.75. The molecule has 6 heteroatoms. The summed E-state index contributed by atoms with van der Waals surface area (Å²) in [5, 5.41) is 0. The number of carbonyl (C=O) groups excluding carboxylic acids is 1. The van der Waals surface area contributed by atoms with Gasteiger partial charge in [0.05, 0.1) is 27.8 Å². The average molecular weight is 399 g/mol. The zero-order valence-electron chi connectivity index (χ0n) is 17.7. The van der Waals surface area contributed by atoms with Crippen molar-refractivity contribution in [1.29, 1.82) is 0 Å². The Morgan fingerprint density at radius 2 is 1.55 bits per heavy atom. The van der Waals surface area contributed by atoms with Crippen LogP contribution < -0.4 is 14.2 Å². The van der Waals surface area contributed by atoms with Crippen LogP contribution in [0.5, 0.6) is 17.2 Å². The highest BCUT2D eigenvalue weighted by Gasteiger charge is 2.24. The number of carbonyl (C=O) groups is 1. The second-order valence-corrected chi connectivity index (χ2v) is 7.25. The number of amides is 1. The summed E-state index contributed by atoms with van der Waals surface area (Å²) in [5.41, 5.74) is 3.46. The summed E-state index contributed by atoms with van der Waals surface area (Å²) in [6, 6.07) is 12.1. The van der Waals surface area contributed by atoms with Crippen LogP contribution in [0.25, 0.3) is 0 Å². The predicted molar refractivity (Wildman–Crippen MR) is 113 cm³/mol. The van der Waals surface area contributed by atoms with Gasteiger partial charge in [-0.1, -0.05) is 30.3 Å². The Labute approximate surface area is 173 Å². The molecule has 0 aromatic heterocycles. The Balaban J connectivity index is 1.61. The highest BCUT2D eigenvalue weighted by Crippen LogP contribution is 2.40. The monoisotopic (exact) mass is 398 g/mol. The smallest absolute Gasteiger partial charge is 0.227 e. The first-order valence-electron chi connectivity index (χ1n) is 9.89. The highest BCUT2D eigenvalue weighted by atomic mass is 16.5. The van der Waals surface area contributed by atoms with Gasteiger partial charge in [-0.15, -0.1) is 0 Å². The van der Waals surface area contributed by atoms with Crippen LogP contribution in [0, 0.1) is 6.92 Å². The van der Waals surface area contributed by atoms with Crippen LogP contribution in [0.4, 0.5) is 0 Å². The predicted octanol–water partition coefficient (Wildman–Crippen LogP) is 2.91. The van der Waals surface area contributed by atoms with Crippen LogP contribution in [0.2, 0.25) is 0 Å². The van der Waals surface area contributed by atoms with E-state index in [9.17, 15) is 4.79 Å². The zero-order valence-corrected chi connectivity index (χ0v) is 17.7. The topological polar surface area (TPSA) is 51.2 Å². The zero-order chi connectivity index (χ0) is 20.8. The van der Waals surface area contributed by atoms with Gasteiger partial charge in [0.1, 0.15) is 0 Å². The summed E-state index contributed by atoms with van der Waals surface area (Å²) in [6.45, 7) is 6.30. The maximum Gasteiger partial charge on any atom is 0.227 e. The van der Waals surface area contributed by atoms with Crippen molar-refractivity contribution >= 4 is 5.91 Å². The van der Waals surface area contributed by atoms with E-state index in [1.807, 2.05) is 17.0 Å². The fourth-order valence-corrected chi connectivity index (χ4v) is 3.76. The van der Waals surface area contributed by atoms with E-state index < -0.39 is 0 Å². The standard InChI is InChI=1S/C23H30N2O4/c1-17-7-5-6-8-19(17)16-24-11-13-25(14-12-24)21(26)15-18-9-10-20(27-2)23(29-4)22(18)28-3/h5-10H,11-16H2,1-4H3. The fraction of sp³-hybridized carbons (Fsp3) is 0.435. The minimum Gasteiger partial charge on any atom is -0.493 e. The van der Waals surface area contributed by atoms with Crippen LogP contribution in [0.3, 0.4) is 0 Å². The summed E-state index contributed by atoms with van der Waals surface area (Å²) < 4.78 is 16.3. The van der Waals surface area contributed by atoms with E-state index in [4.69, 9.17) is 14.2 Å². The molecule has 0 spiro atoms. The lowest BCUT2D eigenvalue weighted by Crippen LogP contribution is -2.48. The van der Waals surface area contributed by atoms with Gasteiger partial charge in [-0.05, 0) is 24.1 Å². The number of ether oxygens (including phenoxy) is 3. The molecule has 1 aliphatic rings. The molecule has 0 radical (unpaired) electrons. The maximum atomic E-state index is 12.9. The van der Waals surface area contributed by atoms with E-state index in [2.05, 4.69) is 36.1 Å². The highest BCUT2D eigenvalue weighted by molar-refractivity contribution is 5.80. The molecule has 3 rings (SSSR count). The molecule has 1 amide bonds. The van der Waals surface area contributed by atoms with Crippen molar-refractivity contribution < 1.29 is 19.0 Å². The molecule has 0 bridgehead atoms. The van der Waals surface area contributed by atoms with Gasteiger partial charge < -0.3 is 19.1 Å². The van der Waals surface area contributed by atoms with Crippen molar-refractivity contribution in [1.82, 2.24) is 9.80 Å². The van der Waals surface area contributed by atoms with Gasteiger partial charge in [0.15, 0.2) is 11.5 Å². The third kappa shape index (κ3) is 4.82. The van der Waals surface area contributed by atoms with Crippen molar-refractivity contribution in [3.63, 3.8) is 0 Å². The number of hydrogen-bond acceptors (Lipinski definition) is 5. The molecular weight excluding hydrogens is 368 g/mol. The molecule has 1 fully saturated rings. The van der Waals surface area contributed by atoms with Gasteiger partial charge in [0.25, 0.3) is 0 Å². The number of rotatable bonds is 7. The van der Waals surface area contributed by atoms with Gasteiger partial charge >= 0.3 is 0 Å². The molecule has 6 nitrogen and oxygen atoms in total. The molecular formula is C23H30N2O4. The molecule has 156 valence electrons. The van der Waals surface area contributed by atoms with Gasteiger partial charge in [-0.2, -0.15) is 0 Å². The molecule has 0 N–H and O–H groups in total. The normalized spacial score (nSPS) is 14.6. The lowest BCUT2D eigenvalue weighted by Gasteiger charge is -2.35. The van der Waals surface area contributed by atoms with Crippen LogP contribution in [-0.2, 0) is 17.8 Å². The van der Waals surface area contributed by atoms with Crippen molar-refractivity contribution in [2.75, 3.05) is 47.5 Å². The Kier molecular flexibility index (Phi) is 6.99. The molecule has 1 heterocycles. The van der Waals surface area contributed by atoms with Gasteiger partial charge in [0.2, 0.25) is 11.7 Å². The van der Waals surface area contributed by atoms with Crippen molar-refractivity contribution in [2.24, 2.45) is 0 Å². The van der Waals surface area contributed by atoms with E-state index >= 15 is 0 Å². The summed E-state index contributed by atoms with van der Waals surface area (Å²) in [5.74, 6) is 1.76. The van der Waals surface area contributed by atoms with Crippen molar-refractivity contribution in [2.45, 2.75) is 19.9 Å². The quantitative estimate of drug-likeness (QED) is 0.718. The summed E-state index contributed by atoms with van der Waals surface area (Å²) in [4.78, 5) is 17.2. The molecule has 0 atom stereocenters. The number of hydrogen-bond donors (Lipinski definition) is 0. The van der Waals surface area contributed by atoms with E-state index in [-0.39, 0.29) is 12.3 Å². The largest absolute Gasteiger partial charge is 0.493 e. The number of piperazine rings is 1. The van der Waals surface area contributed by atoms with E-state index in [1.165, 1.54) is 11.1 Å². The molecule has 2 aromatic carbocycles. The minimum absolute atomic E-state index is 0.103. The first kappa shape index (κ1) is 21.0. The Hall–Kier alpha value is -2.73. The lowest BCUT2D eigenvalue weighted by molar-refractivity contribution is -0.132. The van der Waals surface area contributed by atoms with Gasteiger partial charge in [0, 0.05) is 38.3 Å². The number of nitrogens with zero attached hydrogens (tertiary/aromatic N) is 2. The third-order valence-electron chi connectivity index (χ3n) is 5.51. The van der Waals surface area contributed by atoms with Crippen LogP contribution in [0.1, 0.15) is 16.7 Å². The number of methoxy groups -OCH3 is 3. The van der Waals surface area contributed by atoms with Gasteiger partial charge in [-0.25, -0.2) is 0 Å². The Morgan fingerprint density at radius 3 is 2.17 bits per heavy atom. The lowest BCUT2D eigenvalue weighted by atomic mass is 10.1. The molecule has 2 aromatic rings. The Morgan fingerprint density at radius 1 is 0.862 bits per heavy atom. The first-order chi connectivity index (χ1) is 14.1. The van der Waals surface area contributed by atoms with E-state index in [0.29, 0.717) is 17.2 Å². The SMILES string of the molecule is COc1ccc(CC(=O)N2CCN(Cc3ccccc3C)CC2)c(OC)c1OC. The third-order valence-corrected chi connectivity index (χ3v) is 5.51. The molecule has 1 aliphatic heterocycles. The number of aryl methyl sites for hydroxylation is 1. The molecule has 0 aliphatic carbocycles. The van der Waals surface area contributed by atoms with Crippen molar-refractivity contribution in [3.8, 4) is 17.2 Å². The molecule has 1 saturated heterocycles. The number of benzene rings is 2. The van der Waals surface area contributed by atoms with Crippen molar-refractivity contribution in [3.05, 3.63) is 53.1 Å². The molecule has 0 unspecified atom stereocenters. The summed E-state index contributed by atoms with van der Waals surface area (Å²) in [7, 11) is 4.73. The second kappa shape index (κ2) is 9.65. The minimum atomic E-state index is 0.103. The van der Waals surface area contributed by atoms with E-state index in [0.717, 1.165) is 38.3 Å². The molecule has 29 heavy (non-hydrogen) atoms. The second-order valence-electron chi connectivity index (χ2n) is 7.25. The van der Waals surface area contributed by atoms with Crippen LogP contribution in [0.15, 0.2) is 36.4 Å². The van der Waals surface area contributed by atoms with E-state index in [1.54, 1.807) is 21.3 Å². The maximum absolute atomic E-state index is 12.9. The first-order valence-corrected chi connectivity index (χ1v) is 9.89. The fourth-order valence-electron chi connectivity index (χ4n) is 3.76. The summed E-state index contributed by atoms with van der Waals surface area (Å²) >= 11 is 0. The summed E-state index contributed by atoms with van der Waals surface area (Å²) in [6.07, 6.45) is 0.279. The van der Waals surface area contributed by atoms with Gasteiger partial charge in [-0.3, -0.25) is 9.69 Å². The Bertz CT molecular complexity index is 845. The molecule has 0 saturated carbocycles. The van der Waals surface area contributed by atoms with Crippen LogP contribution in [-0.4, -0.2) is 63.2 Å². The van der Waals surface area contributed by atoms with Crippen LogP contribution >= 0.6 is 0 Å².